The summed E-state index contributed by atoms with van der Waals surface area (Å²) in [6.45, 7) is 8.64. The van der Waals surface area contributed by atoms with Crippen molar-refractivity contribution in [3.05, 3.63) is 29.8 Å². The summed E-state index contributed by atoms with van der Waals surface area (Å²) in [6.07, 6.45) is 1.87. The minimum atomic E-state index is 0.253. The molecule has 0 amide bonds. The van der Waals surface area contributed by atoms with E-state index in [0.717, 1.165) is 17.2 Å². The molecule has 1 nitrogen and oxygen atoms in total. The van der Waals surface area contributed by atoms with Crippen LogP contribution in [0.25, 0.3) is 0 Å². The summed E-state index contributed by atoms with van der Waals surface area (Å²) in [5, 5.41) is 0. The second-order valence-electron chi connectivity index (χ2n) is 5.58. The maximum absolute atomic E-state index is 11.9. The van der Waals surface area contributed by atoms with Crippen molar-refractivity contribution in [3.63, 3.8) is 0 Å². The first-order valence-electron chi connectivity index (χ1n) is 6.75. The van der Waals surface area contributed by atoms with Crippen LogP contribution in [0.3, 0.4) is 0 Å². The molecular formula is C16H24OS. The molecule has 0 fully saturated rings. The van der Waals surface area contributed by atoms with Crippen molar-refractivity contribution < 1.29 is 4.79 Å². The summed E-state index contributed by atoms with van der Waals surface area (Å²) >= 11 is 1.87. The summed E-state index contributed by atoms with van der Waals surface area (Å²) in [4.78, 5) is 13.1. The molecule has 0 aliphatic carbocycles. The first kappa shape index (κ1) is 15.3. The third-order valence-electron chi connectivity index (χ3n) is 2.73. The number of rotatable bonds is 7. The van der Waals surface area contributed by atoms with E-state index >= 15 is 0 Å². The van der Waals surface area contributed by atoms with Gasteiger partial charge in [-0.1, -0.05) is 39.8 Å². The van der Waals surface area contributed by atoms with E-state index in [-0.39, 0.29) is 5.78 Å². The molecule has 0 heterocycles. The van der Waals surface area contributed by atoms with Crippen LogP contribution < -0.4 is 0 Å². The van der Waals surface area contributed by atoms with Crippen molar-refractivity contribution in [1.29, 1.82) is 0 Å². The van der Waals surface area contributed by atoms with E-state index in [2.05, 4.69) is 39.8 Å². The second kappa shape index (κ2) is 7.63. The second-order valence-corrected chi connectivity index (χ2v) is 6.74. The van der Waals surface area contributed by atoms with Crippen LogP contribution in [0.2, 0.25) is 0 Å². The maximum atomic E-state index is 11.9. The molecule has 1 rings (SSSR count). The zero-order valence-electron chi connectivity index (χ0n) is 11.9. The van der Waals surface area contributed by atoms with Gasteiger partial charge in [-0.3, -0.25) is 4.79 Å². The Balaban J connectivity index is 2.49. The van der Waals surface area contributed by atoms with Crippen molar-refractivity contribution >= 4 is 17.5 Å². The number of hydrogen-bond donors (Lipinski definition) is 0. The van der Waals surface area contributed by atoms with Gasteiger partial charge in [-0.2, -0.15) is 0 Å². The number of hydrogen-bond acceptors (Lipinski definition) is 2. The summed E-state index contributed by atoms with van der Waals surface area (Å²) in [5.41, 5.74) is 0.844. The van der Waals surface area contributed by atoms with Gasteiger partial charge in [0.1, 0.15) is 0 Å². The minimum Gasteiger partial charge on any atom is -0.294 e. The lowest BCUT2D eigenvalue weighted by atomic mass is 10.0. The van der Waals surface area contributed by atoms with Gasteiger partial charge in [-0.15, -0.1) is 11.8 Å². The molecule has 0 saturated heterocycles. The average molecular weight is 264 g/mol. The highest BCUT2D eigenvalue weighted by molar-refractivity contribution is 7.99. The topological polar surface area (TPSA) is 17.1 Å². The molecule has 2 heteroatoms. The van der Waals surface area contributed by atoms with E-state index in [9.17, 15) is 4.79 Å². The molecule has 0 aliphatic rings. The van der Waals surface area contributed by atoms with E-state index in [1.54, 1.807) is 0 Å². The molecule has 0 spiro atoms. The summed E-state index contributed by atoms with van der Waals surface area (Å²) in [5.74, 6) is 2.59. The van der Waals surface area contributed by atoms with E-state index in [4.69, 9.17) is 0 Å². The lowest BCUT2D eigenvalue weighted by Crippen LogP contribution is -2.03. The third kappa shape index (κ3) is 5.72. The molecule has 0 aromatic heterocycles. The molecule has 0 radical (unpaired) electrons. The Morgan fingerprint density at radius 1 is 1.06 bits per heavy atom. The molecule has 100 valence electrons. The number of ketones is 1. The van der Waals surface area contributed by atoms with Crippen LogP contribution in [0.1, 0.15) is 50.9 Å². The van der Waals surface area contributed by atoms with E-state index in [1.807, 2.05) is 23.9 Å². The number of carbonyl (C=O) groups excluding carboxylic acids is 1. The third-order valence-corrected chi connectivity index (χ3v) is 3.78. The fourth-order valence-electron chi connectivity index (χ4n) is 1.64. The van der Waals surface area contributed by atoms with Gasteiger partial charge in [0.25, 0.3) is 0 Å². The van der Waals surface area contributed by atoms with Gasteiger partial charge in [-0.25, -0.2) is 0 Å². The normalized spacial score (nSPS) is 11.2. The zero-order valence-corrected chi connectivity index (χ0v) is 12.7. The minimum absolute atomic E-state index is 0.253. The van der Waals surface area contributed by atoms with Crippen molar-refractivity contribution in [1.82, 2.24) is 0 Å². The SMILES string of the molecule is CC(C)CCSc1ccc(C(=O)CC(C)C)cc1. The molecule has 0 unspecified atom stereocenters. The van der Waals surface area contributed by atoms with Gasteiger partial charge >= 0.3 is 0 Å². The maximum Gasteiger partial charge on any atom is 0.163 e. The Hall–Kier alpha value is -0.760. The standard InChI is InChI=1S/C16H24OS/c1-12(2)9-10-18-15-7-5-14(6-8-15)16(17)11-13(3)4/h5-8,12-13H,9-11H2,1-4H3. The fraction of sp³-hybridized carbons (Fsp3) is 0.562. The smallest absolute Gasteiger partial charge is 0.163 e. The van der Waals surface area contributed by atoms with Crippen LogP contribution in [-0.2, 0) is 0 Å². The van der Waals surface area contributed by atoms with E-state index < -0.39 is 0 Å². The lowest BCUT2D eigenvalue weighted by Gasteiger charge is -2.06. The first-order chi connectivity index (χ1) is 8.49. The van der Waals surface area contributed by atoms with Crippen LogP contribution in [0.15, 0.2) is 29.2 Å². The summed E-state index contributed by atoms with van der Waals surface area (Å²) in [7, 11) is 0. The highest BCUT2D eigenvalue weighted by atomic mass is 32.2. The molecule has 0 atom stereocenters. The van der Waals surface area contributed by atoms with Crippen LogP contribution in [0.5, 0.6) is 0 Å². The van der Waals surface area contributed by atoms with Gasteiger partial charge < -0.3 is 0 Å². The number of Topliss-reactive ketones (excluding diaryl/α,β-unsaturated/α-hetero) is 1. The summed E-state index contributed by atoms with van der Waals surface area (Å²) in [6, 6.07) is 8.06. The summed E-state index contributed by atoms with van der Waals surface area (Å²) < 4.78 is 0. The van der Waals surface area contributed by atoms with Crippen LogP contribution in [-0.4, -0.2) is 11.5 Å². The molecule has 0 bridgehead atoms. The van der Waals surface area contributed by atoms with Gasteiger partial charge in [0.2, 0.25) is 0 Å². The number of thioether (sulfide) groups is 1. The van der Waals surface area contributed by atoms with Crippen molar-refractivity contribution in [2.75, 3.05) is 5.75 Å². The molecule has 0 aliphatic heterocycles. The van der Waals surface area contributed by atoms with Crippen molar-refractivity contribution in [2.24, 2.45) is 11.8 Å². The van der Waals surface area contributed by atoms with E-state index in [1.165, 1.54) is 11.3 Å². The highest BCUT2D eigenvalue weighted by Crippen LogP contribution is 2.21. The van der Waals surface area contributed by atoms with Crippen molar-refractivity contribution in [2.45, 2.75) is 45.4 Å². The lowest BCUT2D eigenvalue weighted by molar-refractivity contribution is 0.0968. The van der Waals surface area contributed by atoms with Crippen LogP contribution >= 0.6 is 11.8 Å². The molecule has 18 heavy (non-hydrogen) atoms. The fourth-order valence-corrected chi connectivity index (χ4v) is 2.79. The molecule has 0 N–H and O–H groups in total. The Bertz CT molecular complexity index is 365. The zero-order chi connectivity index (χ0) is 13.5. The van der Waals surface area contributed by atoms with E-state index in [0.29, 0.717) is 12.3 Å². The largest absolute Gasteiger partial charge is 0.294 e. The average Bonchev–Trinajstić information content (AvgIpc) is 2.28. The van der Waals surface area contributed by atoms with Gasteiger partial charge in [0, 0.05) is 16.9 Å². The molecule has 0 saturated carbocycles. The first-order valence-corrected chi connectivity index (χ1v) is 7.73. The quantitative estimate of drug-likeness (QED) is 0.506. The van der Waals surface area contributed by atoms with Gasteiger partial charge in [-0.05, 0) is 36.1 Å². The Morgan fingerprint density at radius 3 is 2.17 bits per heavy atom. The highest BCUT2D eigenvalue weighted by Gasteiger charge is 2.08. The predicted octanol–water partition coefficient (Wildman–Crippen LogP) is 5.05. The predicted molar refractivity (Wildman–Crippen MR) is 80.4 cm³/mol. The van der Waals surface area contributed by atoms with Crippen LogP contribution in [0, 0.1) is 11.8 Å². The Morgan fingerprint density at radius 2 is 1.67 bits per heavy atom. The number of benzene rings is 1. The van der Waals surface area contributed by atoms with Crippen LogP contribution in [0.4, 0.5) is 0 Å². The Kier molecular flexibility index (Phi) is 6.48. The molecule has 1 aromatic carbocycles. The van der Waals surface area contributed by atoms with Gasteiger partial charge in [0.15, 0.2) is 5.78 Å². The molecule has 1 aromatic rings. The Labute approximate surface area is 115 Å². The van der Waals surface area contributed by atoms with Gasteiger partial charge in [0.05, 0.1) is 0 Å². The monoisotopic (exact) mass is 264 g/mol. The molecular weight excluding hydrogens is 240 g/mol. The number of carbonyl (C=O) groups is 1. The van der Waals surface area contributed by atoms with Crippen molar-refractivity contribution in [3.8, 4) is 0 Å².